The molecular formula is C27H33N3O4. The maximum atomic E-state index is 13.4. The number of benzene rings is 2. The van der Waals surface area contributed by atoms with Gasteiger partial charge in [0.15, 0.2) is 0 Å². The minimum atomic E-state index is -0.583. The van der Waals surface area contributed by atoms with E-state index < -0.39 is 6.04 Å². The highest BCUT2D eigenvalue weighted by Crippen LogP contribution is 2.25. The van der Waals surface area contributed by atoms with E-state index in [0.29, 0.717) is 42.8 Å². The zero-order valence-electron chi connectivity index (χ0n) is 20.0. The summed E-state index contributed by atoms with van der Waals surface area (Å²) in [6, 6.07) is 14.0. The number of rotatable bonds is 6. The molecule has 2 heterocycles. The predicted molar refractivity (Wildman–Crippen MR) is 130 cm³/mol. The number of nitrogens with one attached hydrogen (secondary N) is 1. The minimum absolute atomic E-state index is 0.00363. The normalized spacial score (nSPS) is 17.4. The summed E-state index contributed by atoms with van der Waals surface area (Å²) in [5, 5.41) is 3.05. The summed E-state index contributed by atoms with van der Waals surface area (Å²) in [5.41, 5.74) is 2.15. The molecule has 2 saturated heterocycles. The van der Waals surface area contributed by atoms with E-state index in [1.165, 1.54) is 0 Å². The van der Waals surface area contributed by atoms with Gasteiger partial charge in [-0.3, -0.25) is 14.4 Å². The number of carbonyl (C=O) groups excluding carboxylic acids is 3. The maximum Gasteiger partial charge on any atom is 0.253 e. The van der Waals surface area contributed by atoms with Crippen molar-refractivity contribution in [3.05, 3.63) is 65.2 Å². The van der Waals surface area contributed by atoms with Crippen molar-refractivity contribution in [1.82, 2.24) is 15.1 Å². The standard InChI is InChI=1S/C27H33N3O4/c1-19-7-5-8-21(17-19)25(31)28-24(27(33)29-13-3-4-14-29)20-11-15-30(16-12-20)26(32)22-9-6-10-23(18-22)34-2/h5-10,17-18,20,24H,3-4,11-16H2,1-2H3,(H,28,31)/t24-/m0/s1. The number of nitrogens with zero attached hydrogens (tertiary/aromatic N) is 2. The van der Waals surface area contributed by atoms with Crippen molar-refractivity contribution in [2.45, 2.75) is 38.6 Å². The van der Waals surface area contributed by atoms with Crippen LogP contribution in [0.2, 0.25) is 0 Å². The molecule has 0 radical (unpaired) electrons. The van der Waals surface area contributed by atoms with Crippen LogP contribution in [0.4, 0.5) is 0 Å². The average Bonchev–Trinajstić information content (AvgIpc) is 3.42. The lowest BCUT2D eigenvalue weighted by Gasteiger charge is -2.37. The van der Waals surface area contributed by atoms with Crippen molar-refractivity contribution >= 4 is 17.7 Å². The first-order valence-corrected chi connectivity index (χ1v) is 12.1. The van der Waals surface area contributed by atoms with E-state index in [-0.39, 0.29) is 23.6 Å². The first kappa shape index (κ1) is 23.8. The number of piperidine rings is 1. The largest absolute Gasteiger partial charge is 0.497 e. The summed E-state index contributed by atoms with van der Waals surface area (Å²) in [5.74, 6) is 0.364. The average molecular weight is 464 g/mol. The highest BCUT2D eigenvalue weighted by Gasteiger charge is 2.37. The van der Waals surface area contributed by atoms with Crippen LogP contribution in [0.15, 0.2) is 48.5 Å². The van der Waals surface area contributed by atoms with Crippen LogP contribution in [-0.2, 0) is 4.79 Å². The lowest BCUT2D eigenvalue weighted by Crippen LogP contribution is -2.54. The van der Waals surface area contributed by atoms with E-state index in [0.717, 1.165) is 31.5 Å². The van der Waals surface area contributed by atoms with E-state index in [2.05, 4.69) is 5.32 Å². The first-order chi connectivity index (χ1) is 16.5. The second-order valence-corrected chi connectivity index (χ2v) is 9.21. The van der Waals surface area contributed by atoms with Gasteiger partial charge < -0.3 is 19.9 Å². The van der Waals surface area contributed by atoms with Crippen molar-refractivity contribution in [2.24, 2.45) is 5.92 Å². The van der Waals surface area contributed by atoms with Crippen LogP contribution >= 0.6 is 0 Å². The highest BCUT2D eigenvalue weighted by atomic mass is 16.5. The fourth-order valence-corrected chi connectivity index (χ4v) is 4.90. The number of hydrogen-bond donors (Lipinski definition) is 1. The Morgan fingerprint density at radius 3 is 2.26 bits per heavy atom. The number of ether oxygens (including phenoxy) is 1. The Balaban J connectivity index is 1.45. The topological polar surface area (TPSA) is 79.0 Å². The van der Waals surface area contributed by atoms with Gasteiger partial charge in [0.25, 0.3) is 11.8 Å². The minimum Gasteiger partial charge on any atom is -0.497 e. The maximum absolute atomic E-state index is 13.4. The predicted octanol–water partition coefficient (Wildman–Crippen LogP) is 3.28. The number of methoxy groups -OCH3 is 1. The van der Waals surface area contributed by atoms with Crippen LogP contribution in [0.5, 0.6) is 5.75 Å². The lowest BCUT2D eigenvalue weighted by molar-refractivity contribution is -0.134. The second kappa shape index (κ2) is 10.7. The highest BCUT2D eigenvalue weighted by molar-refractivity contribution is 5.98. The molecule has 0 spiro atoms. The molecule has 7 heteroatoms. The van der Waals surface area contributed by atoms with Crippen LogP contribution in [0.1, 0.15) is 52.0 Å². The molecule has 2 fully saturated rings. The third kappa shape index (κ3) is 5.41. The van der Waals surface area contributed by atoms with E-state index in [1.807, 2.05) is 47.1 Å². The van der Waals surface area contributed by atoms with Gasteiger partial charge >= 0.3 is 0 Å². The molecule has 3 amide bonds. The number of amides is 3. The zero-order valence-corrected chi connectivity index (χ0v) is 20.0. The van der Waals surface area contributed by atoms with E-state index in [9.17, 15) is 14.4 Å². The summed E-state index contributed by atoms with van der Waals surface area (Å²) < 4.78 is 5.24. The van der Waals surface area contributed by atoms with Crippen molar-refractivity contribution < 1.29 is 19.1 Å². The molecule has 0 aliphatic carbocycles. The molecule has 0 aromatic heterocycles. The van der Waals surface area contributed by atoms with Gasteiger partial charge in [-0.1, -0.05) is 23.8 Å². The zero-order chi connectivity index (χ0) is 24.1. The number of aryl methyl sites for hydroxylation is 1. The van der Waals surface area contributed by atoms with Gasteiger partial charge in [0, 0.05) is 37.3 Å². The molecule has 4 rings (SSSR count). The smallest absolute Gasteiger partial charge is 0.253 e. The monoisotopic (exact) mass is 463 g/mol. The molecule has 2 aromatic rings. The van der Waals surface area contributed by atoms with Crippen molar-refractivity contribution in [1.29, 1.82) is 0 Å². The van der Waals surface area contributed by atoms with E-state index in [4.69, 9.17) is 4.74 Å². The van der Waals surface area contributed by atoms with Gasteiger partial charge in [-0.25, -0.2) is 0 Å². The molecule has 7 nitrogen and oxygen atoms in total. The van der Waals surface area contributed by atoms with Gasteiger partial charge in [0.05, 0.1) is 7.11 Å². The fraction of sp³-hybridized carbons (Fsp3) is 0.444. The molecule has 1 atom stereocenters. The Bertz CT molecular complexity index is 1040. The SMILES string of the molecule is COc1cccc(C(=O)N2CCC([C@H](NC(=O)c3cccc(C)c3)C(=O)N3CCCC3)CC2)c1. The van der Waals surface area contributed by atoms with Gasteiger partial charge in [-0.05, 0) is 68.9 Å². The molecule has 0 unspecified atom stereocenters. The Labute approximate surface area is 201 Å². The molecule has 2 aliphatic rings. The Morgan fingerprint density at radius 1 is 0.912 bits per heavy atom. The molecule has 0 saturated carbocycles. The Kier molecular flexibility index (Phi) is 7.50. The Morgan fingerprint density at radius 2 is 1.59 bits per heavy atom. The van der Waals surface area contributed by atoms with Crippen LogP contribution in [-0.4, -0.2) is 66.9 Å². The lowest BCUT2D eigenvalue weighted by atomic mass is 9.88. The van der Waals surface area contributed by atoms with Crippen LogP contribution in [0.3, 0.4) is 0 Å². The summed E-state index contributed by atoms with van der Waals surface area (Å²) in [6.07, 6.45) is 3.32. The van der Waals surface area contributed by atoms with Crippen molar-refractivity contribution in [3.8, 4) is 5.75 Å². The summed E-state index contributed by atoms with van der Waals surface area (Å²) >= 11 is 0. The molecular weight excluding hydrogens is 430 g/mol. The number of carbonyl (C=O) groups is 3. The number of hydrogen-bond acceptors (Lipinski definition) is 4. The van der Waals surface area contributed by atoms with Crippen LogP contribution in [0.25, 0.3) is 0 Å². The van der Waals surface area contributed by atoms with Gasteiger partial charge in [0.1, 0.15) is 11.8 Å². The molecule has 1 N–H and O–H groups in total. The van der Waals surface area contributed by atoms with Crippen molar-refractivity contribution in [3.63, 3.8) is 0 Å². The van der Waals surface area contributed by atoms with Gasteiger partial charge in [-0.2, -0.15) is 0 Å². The molecule has 34 heavy (non-hydrogen) atoms. The molecule has 0 bridgehead atoms. The molecule has 180 valence electrons. The second-order valence-electron chi connectivity index (χ2n) is 9.21. The Hall–Kier alpha value is -3.35. The number of likely N-dealkylation sites (tertiary alicyclic amines) is 2. The molecule has 2 aromatic carbocycles. The van der Waals surface area contributed by atoms with Gasteiger partial charge in [-0.15, -0.1) is 0 Å². The third-order valence-electron chi connectivity index (χ3n) is 6.87. The summed E-state index contributed by atoms with van der Waals surface area (Å²) in [7, 11) is 1.58. The fourth-order valence-electron chi connectivity index (χ4n) is 4.90. The first-order valence-electron chi connectivity index (χ1n) is 12.1. The summed E-state index contributed by atoms with van der Waals surface area (Å²) in [6.45, 7) is 4.51. The van der Waals surface area contributed by atoms with Crippen LogP contribution in [0, 0.1) is 12.8 Å². The quantitative estimate of drug-likeness (QED) is 0.713. The van der Waals surface area contributed by atoms with Crippen molar-refractivity contribution in [2.75, 3.05) is 33.3 Å². The summed E-state index contributed by atoms with van der Waals surface area (Å²) in [4.78, 5) is 43.1. The third-order valence-corrected chi connectivity index (χ3v) is 6.87. The van der Waals surface area contributed by atoms with E-state index >= 15 is 0 Å². The van der Waals surface area contributed by atoms with Crippen LogP contribution < -0.4 is 10.1 Å². The molecule has 2 aliphatic heterocycles. The van der Waals surface area contributed by atoms with Gasteiger partial charge in [0.2, 0.25) is 5.91 Å². The van der Waals surface area contributed by atoms with E-state index in [1.54, 1.807) is 25.3 Å².